The van der Waals surface area contributed by atoms with Crippen LogP contribution in [0.2, 0.25) is 0 Å². The van der Waals surface area contributed by atoms with Gasteiger partial charge in [-0.05, 0) is 38.5 Å². The van der Waals surface area contributed by atoms with Gasteiger partial charge in [-0.1, -0.05) is 0 Å². The van der Waals surface area contributed by atoms with E-state index in [4.69, 9.17) is 0 Å². The molecule has 1 aliphatic heterocycles. The average Bonchev–Trinajstić information content (AvgIpc) is 2.81. The zero-order valence-corrected chi connectivity index (χ0v) is 13.4. The van der Waals surface area contributed by atoms with Crippen molar-refractivity contribution in [1.82, 2.24) is 9.80 Å². The molecule has 0 spiro atoms. The second kappa shape index (κ2) is 6.34. The van der Waals surface area contributed by atoms with Crippen LogP contribution in [0.5, 0.6) is 0 Å². The number of benzene rings is 1. The van der Waals surface area contributed by atoms with Crippen LogP contribution in [-0.4, -0.2) is 54.3 Å². The first-order chi connectivity index (χ1) is 10.3. The zero-order valence-electron chi connectivity index (χ0n) is 13.4. The Hall–Kier alpha value is -2.11. The van der Waals surface area contributed by atoms with Crippen molar-refractivity contribution in [2.45, 2.75) is 32.4 Å². The molecule has 22 heavy (non-hydrogen) atoms. The van der Waals surface area contributed by atoms with Crippen LogP contribution in [0.25, 0.3) is 0 Å². The Morgan fingerprint density at radius 2 is 2.09 bits per heavy atom. The fourth-order valence-corrected chi connectivity index (χ4v) is 2.57. The second-order valence-corrected chi connectivity index (χ2v) is 6.01. The maximum atomic E-state index is 13.8. The summed E-state index contributed by atoms with van der Waals surface area (Å²) in [7, 11) is 3.14. The molecule has 1 heterocycles. The van der Waals surface area contributed by atoms with E-state index in [-0.39, 0.29) is 23.6 Å². The fraction of sp³-hybridized carbons (Fsp3) is 0.500. The van der Waals surface area contributed by atoms with Gasteiger partial charge in [-0.3, -0.25) is 9.59 Å². The van der Waals surface area contributed by atoms with E-state index in [0.717, 1.165) is 0 Å². The highest BCUT2D eigenvalue weighted by Crippen LogP contribution is 2.21. The first-order valence-corrected chi connectivity index (χ1v) is 7.39. The second-order valence-electron chi connectivity index (χ2n) is 6.01. The Morgan fingerprint density at radius 3 is 2.64 bits per heavy atom. The van der Waals surface area contributed by atoms with Crippen LogP contribution < -0.4 is 5.32 Å². The van der Waals surface area contributed by atoms with Crippen LogP contribution in [0.15, 0.2) is 18.2 Å². The third-order valence-corrected chi connectivity index (χ3v) is 3.81. The SMILES string of the molecule is CC(C)N1CC[C@@H](Nc2ccc(F)c(C(=O)N(C)C)c2)C1=O. The van der Waals surface area contributed by atoms with Gasteiger partial charge in [0, 0.05) is 32.4 Å². The number of rotatable bonds is 4. The van der Waals surface area contributed by atoms with Crippen LogP contribution in [0.3, 0.4) is 0 Å². The van der Waals surface area contributed by atoms with Gasteiger partial charge in [-0.15, -0.1) is 0 Å². The number of carbonyl (C=O) groups is 2. The van der Waals surface area contributed by atoms with Crippen molar-refractivity contribution in [3.05, 3.63) is 29.6 Å². The quantitative estimate of drug-likeness (QED) is 0.925. The molecular formula is C16H22FN3O2. The molecule has 120 valence electrons. The minimum Gasteiger partial charge on any atom is -0.374 e. The molecule has 2 rings (SSSR count). The Labute approximate surface area is 130 Å². The predicted octanol–water partition coefficient (Wildman–Crippen LogP) is 1.95. The topological polar surface area (TPSA) is 52.7 Å². The standard InChI is InChI=1S/C16H22FN3O2/c1-10(2)20-8-7-14(16(20)22)18-11-5-6-13(17)12(9-11)15(21)19(3)4/h5-6,9-10,14,18H,7-8H2,1-4H3/t14-/m1/s1. The summed E-state index contributed by atoms with van der Waals surface area (Å²) in [6.07, 6.45) is 0.700. The van der Waals surface area contributed by atoms with Crippen molar-refractivity contribution in [2.75, 3.05) is 26.0 Å². The van der Waals surface area contributed by atoms with Gasteiger partial charge in [-0.2, -0.15) is 0 Å². The molecule has 1 atom stereocenters. The van der Waals surface area contributed by atoms with Crippen molar-refractivity contribution in [1.29, 1.82) is 0 Å². The molecule has 1 saturated heterocycles. The summed E-state index contributed by atoms with van der Waals surface area (Å²) in [5.41, 5.74) is 0.580. The summed E-state index contributed by atoms with van der Waals surface area (Å²) in [5.74, 6) is -0.923. The van der Waals surface area contributed by atoms with Crippen molar-refractivity contribution in [2.24, 2.45) is 0 Å². The van der Waals surface area contributed by atoms with E-state index < -0.39 is 11.7 Å². The number of halogens is 1. The van der Waals surface area contributed by atoms with Gasteiger partial charge in [0.15, 0.2) is 0 Å². The first-order valence-electron chi connectivity index (χ1n) is 7.39. The molecule has 1 aromatic carbocycles. The Morgan fingerprint density at radius 1 is 1.41 bits per heavy atom. The summed E-state index contributed by atoms with van der Waals surface area (Å²) < 4.78 is 13.8. The minimum absolute atomic E-state index is 0.00108. The van der Waals surface area contributed by atoms with Crippen LogP contribution in [-0.2, 0) is 4.79 Å². The van der Waals surface area contributed by atoms with Crippen molar-refractivity contribution in [3.63, 3.8) is 0 Å². The Balaban J connectivity index is 2.16. The lowest BCUT2D eigenvalue weighted by molar-refractivity contribution is -0.129. The molecule has 5 nitrogen and oxygen atoms in total. The molecule has 0 aromatic heterocycles. The van der Waals surface area contributed by atoms with E-state index in [0.29, 0.717) is 18.7 Å². The summed E-state index contributed by atoms with van der Waals surface area (Å²) in [6.45, 7) is 4.66. The summed E-state index contributed by atoms with van der Waals surface area (Å²) in [5, 5.41) is 3.11. The van der Waals surface area contributed by atoms with Crippen LogP contribution in [0.1, 0.15) is 30.6 Å². The molecule has 0 aliphatic carbocycles. The lowest BCUT2D eigenvalue weighted by Crippen LogP contribution is -2.37. The first kappa shape index (κ1) is 16.3. The highest BCUT2D eigenvalue weighted by atomic mass is 19.1. The number of anilines is 1. The third-order valence-electron chi connectivity index (χ3n) is 3.81. The smallest absolute Gasteiger partial charge is 0.256 e. The number of nitrogens with one attached hydrogen (secondary N) is 1. The maximum Gasteiger partial charge on any atom is 0.256 e. The van der Waals surface area contributed by atoms with Gasteiger partial charge in [0.25, 0.3) is 5.91 Å². The van der Waals surface area contributed by atoms with Crippen LogP contribution in [0.4, 0.5) is 10.1 Å². The fourth-order valence-electron chi connectivity index (χ4n) is 2.57. The summed E-state index contributed by atoms with van der Waals surface area (Å²) in [4.78, 5) is 27.3. The summed E-state index contributed by atoms with van der Waals surface area (Å²) >= 11 is 0. The minimum atomic E-state index is -0.564. The van der Waals surface area contributed by atoms with E-state index in [9.17, 15) is 14.0 Å². The molecule has 2 amide bonds. The van der Waals surface area contributed by atoms with Gasteiger partial charge in [-0.25, -0.2) is 4.39 Å². The molecule has 1 fully saturated rings. The van der Waals surface area contributed by atoms with E-state index in [1.54, 1.807) is 20.2 Å². The van der Waals surface area contributed by atoms with Gasteiger partial charge in [0.2, 0.25) is 5.91 Å². The van der Waals surface area contributed by atoms with Gasteiger partial charge >= 0.3 is 0 Å². The Bertz CT molecular complexity index is 587. The van der Waals surface area contributed by atoms with Crippen LogP contribution in [0, 0.1) is 5.82 Å². The van der Waals surface area contributed by atoms with E-state index in [1.807, 2.05) is 18.7 Å². The molecule has 1 N–H and O–H groups in total. The number of carbonyl (C=O) groups excluding carboxylic acids is 2. The number of likely N-dealkylation sites (tertiary alicyclic amines) is 1. The molecular weight excluding hydrogens is 285 g/mol. The average molecular weight is 307 g/mol. The van der Waals surface area contributed by atoms with Crippen molar-refractivity contribution < 1.29 is 14.0 Å². The highest BCUT2D eigenvalue weighted by Gasteiger charge is 2.33. The van der Waals surface area contributed by atoms with Gasteiger partial charge < -0.3 is 15.1 Å². The maximum absolute atomic E-state index is 13.8. The third kappa shape index (κ3) is 3.21. The summed E-state index contributed by atoms with van der Waals surface area (Å²) in [6, 6.07) is 4.10. The van der Waals surface area contributed by atoms with Gasteiger partial charge in [0.05, 0.1) is 5.56 Å². The molecule has 6 heteroatoms. The zero-order chi connectivity index (χ0) is 16.4. The highest BCUT2D eigenvalue weighted by molar-refractivity contribution is 5.95. The number of amides is 2. The van der Waals surface area contributed by atoms with Gasteiger partial charge in [0.1, 0.15) is 11.9 Å². The largest absolute Gasteiger partial charge is 0.374 e. The molecule has 0 saturated carbocycles. The molecule has 1 aromatic rings. The van der Waals surface area contributed by atoms with Crippen molar-refractivity contribution in [3.8, 4) is 0 Å². The molecule has 0 bridgehead atoms. The van der Waals surface area contributed by atoms with E-state index in [1.165, 1.54) is 17.0 Å². The number of hydrogen-bond donors (Lipinski definition) is 1. The monoisotopic (exact) mass is 307 g/mol. The normalized spacial score (nSPS) is 18.0. The molecule has 0 unspecified atom stereocenters. The lowest BCUT2D eigenvalue weighted by Gasteiger charge is -2.21. The number of hydrogen-bond acceptors (Lipinski definition) is 3. The Kier molecular flexibility index (Phi) is 4.68. The van der Waals surface area contributed by atoms with E-state index in [2.05, 4.69) is 5.32 Å². The molecule has 1 aliphatic rings. The van der Waals surface area contributed by atoms with Crippen molar-refractivity contribution >= 4 is 17.5 Å². The predicted molar refractivity (Wildman–Crippen MR) is 83.3 cm³/mol. The number of nitrogens with zero attached hydrogens (tertiary/aromatic N) is 2. The van der Waals surface area contributed by atoms with Crippen LogP contribution >= 0.6 is 0 Å². The van der Waals surface area contributed by atoms with E-state index >= 15 is 0 Å². The molecule has 0 radical (unpaired) electrons. The lowest BCUT2D eigenvalue weighted by atomic mass is 10.1.